The fourth-order valence-corrected chi connectivity index (χ4v) is 4.16. The monoisotopic (exact) mass is 336 g/mol. The van der Waals surface area contributed by atoms with Gasteiger partial charge in [-0.25, -0.2) is 17.5 Å². The molecule has 120 valence electrons. The Hall–Kier alpha value is -0.690. The van der Waals surface area contributed by atoms with Crippen molar-refractivity contribution in [1.29, 1.82) is 0 Å². The van der Waals surface area contributed by atoms with Crippen molar-refractivity contribution in [3.05, 3.63) is 29.6 Å². The Labute approximate surface area is 131 Å². The van der Waals surface area contributed by atoms with Crippen LogP contribution in [0.2, 0.25) is 0 Å². The van der Waals surface area contributed by atoms with Crippen LogP contribution in [0.5, 0.6) is 0 Å². The number of benzene rings is 1. The van der Waals surface area contributed by atoms with Gasteiger partial charge in [0.1, 0.15) is 10.7 Å². The van der Waals surface area contributed by atoms with E-state index >= 15 is 0 Å². The first-order chi connectivity index (χ1) is 9.44. The van der Waals surface area contributed by atoms with E-state index in [0.717, 1.165) is 25.7 Å². The Morgan fingerprint density at radius 3 is 2.52 bits per heavy atom. The van der Waals surface area contributed by atoms with Gasteiger partial charge in [0.2, 0.25) is 10.0 Å². The highest BCUT2D eigenvalue weighted by Crippen LogP contribution is 2.28. The highest BCUT2D eigenvalue weighted by molar-refractivity contribution is 7.89. The normalized spacial score (nSPS) is 17.5. The fourth-order valence-electron chi connectivity index (χ4n) is 2.78. The summed E-state index contributed by atoms with van der Waals surface area (Å²) in [6, 6.07) is 3.80. The highest BCUT2D eigenvalue weighted by atomic mass is 35.5. The molecular formula is C14H22ClFN2O2S. The third-order valence-corrected chi connectivity index (χ3v) is 5.43. The number of sulfonamides is 1. The van der Waals surface area contributed by atoms with Gasteiger partial charge in [-0.1, -0.05) is 18.9 Å². The first-order valence-electron chi connectivity index (χ1n) is 6.92. The molecule has 1 saturated carbocycles. The highest BCUT2D eigenvalue weighted by Gasteiger charge is 2.29. The van der Waals surface area contributed by atoms with Crippen LogP contribution < -0.4 is 10.5 Å². The zero-order chi connectivity index (χ0) is 14.8. The number of nitrogens with two attached hydrogens (primary N) is 1. The van der Waals surface area contributed by atoms with Gasteiger partial charge in [0.25, 0.3) is 0 Å². The second-order valence-corrected chi connectivity index (χ2v) is 7.12. The van der Waals surface area contributed by atoms with Crippen molar-refractivity contribution >= 4 is 22.4 Å². The van der Waals surface area contributed by atoms with Crippen molar-refractivity contribution in [2.24, 2.45) is 11.7 Å². The van der Waals surface area contributed by atoms with Crippen LogP contribution in [0.25, 0.3) is 0 Å². The van der Waals surface area contributed by atoms with Crippen LogP contribution >= 0.6 is 12.4 Å². The molecule has 1 aromatic rings. The van der Waals surface area contributed by atoms with Crippen LogP contribution in [0.4, 0.5) is 4.39 Å². The van der Waals surface area contributed by atoms with Crippen molar-refractivity contribution < 1.29 is 12.8 Å². The molecule has 0 radical (unpaired) electrons. The van der Waals surface area contributed by atoms with Crippen LogP contribution in [-0.4, -0.2) is 21.0 Å². The number of rotatable bonds is 5. The molecule has 0 saturated heterocycles. The Morgan fingerprint density at radius 1 is 1.38 bits per heavy atom. The molecule has 0 bridgehead atoms. The SMILES string of the molecule is Cc1ccc(S(=O)(=O)NC(CN)C2CCCC2)c(F)c1.Cl. The molecule has 1 atom stereocenters. The van der Waals surface area contributed by atoms with Gasteiger partial charge in [-0.15, -0.1) is 12.4 Å². The lowest BCUT2D eigenvalue weighted by atomic mass is 9.99. The molecule has 4 nitrogen and oxygen atoms in total. The molecule has 1 aliphatic carbocycles. The van der Waals surface area contributed by atoms with E-state index in [1.807, 2.05) is 0 Å². The molecule has 0 aliphatic heterocycles. The zero-order valence-electron chi connectivity index (χ0n) is 12.0. The first kappa shape index (κ1) is 18.4. The number of nitrogens with one attached hydrogen (secondary N) is 1. The van der Waals surface area contributed by atoms with E-state index in [2.05, 4.69) is 4.72 Å². The van der Waals surface area contributed by atoms with Crippen LogP contribution in [0.3, 0.4) is 0 Å². The lowest BCUT2D eigenvalue weighted by molar-refractivity contribution is 0.404. The lowest BCUT2D eigenvalue weighted by Gasteiger charge is -2.23. The molecule has 2 rings (SSSR count). The molecule has 1 fully saturated rings. The standard InChI is InChI=1S/C14H21FN2O2S.ClH/c1-10-6-7-14(12(15)8-10)20(18,19)17-13(9-16)11-4-2-3-5-11;/h6-8,11,13,17H,2-5,9,16H2,1H3;1H. The summed E-state index contributed by atoms with van der Waals surface area (Å²) < 4.78 is 41.0. The van der Waals surface area contributed by atoms with E-state index in [1.165, 1.54) is 12.1 Å². The van der Waals surface area contributed by atoms with Gasteiger partial charge >= 0.3 is 0 Å². The molecule has 1 aliphatic rings. The summed E-state index contributed by atoms with van der Waals surface area (Å²) in [4.78, 5) is -0.306. The van der Waals surface area contributed by atoms with E-state index in [1.54, 1.807) is 13.0 Å². The van der Waals surface area contributed by atoms with Gasteiger partial charge in [0.15, 0.2) is 0 Å². The van der Waals surface area contributed by atoms with E-state index in [9.17, 15) is 12.8 Å². The zero-order valence-corrected chi connectivity index (χ0v) is 13.6. The Balaban J connectivity index is 0.00000220. The predicted molar refractivity (Wildman–Crippen MR) is 83.5 cm³/mol. The average Bonchev–Trinajstić information content (AvgIpc) is 2.89. The van der Waals surface area contributed by atoms with Crippen molar-refractivity contribution in [1.82, 2.24) is 4.72 Å². The van der Waals surface area contributed by atoms with Gasteiger partial charge in [-0.3, -0.25) is 0 Å². The molecule has 7 heteroatoms. The number of halogens is 2. The Morgan fingerprint density at radius 2 is 2.00 bits per heavy atom. The summed E-state index contributed by atoms with van der Waals surface area (Å²) in [5, 5.41) is 0. The smallest absolute Gasteiger partial charge is 0.243 e. The van der Waals surface area contributed by atoms with Crippen molar-refractivity contribution in [2.75, 3.05) is 6.54 Å². The molecular weight excluding hydrogens is 315 g/mol. The second-order valence-electron chi connectivity index (χ2n) is 5.44. The van der Waals surface area contributed by atoms with Gasteiger partial charge in [-0.05, 0) is 43.4 Å². The first-order valence-corrected chi connectivity index (χ1v) is 8.41. The minimum absolute atomic E-state index is 0. The van der Waals surface area contributed by atoms with Crippen LogP contribution in [0, 0.1) is 18.7 Å². The van der Waals surface area contributed by atoms with E-state index in [0.29, 0.717) is 5.56 Å². The summed E-state index contributed by atoms with van der Waals surface area (Å²) in [6.45, 7) is 1.95. The predicted octanol–water partition coefficient (Wildman–Crippen LogP) is 2.35. The summed E-state index contributed by atoms with van der Waals surface area (Å²) in [6.07, 6.45) is 4.14. The van der Waals surface area contributed by atoms with Crippen molar-refractivity contribution in [3.8, 4) is 0 Å². The maximum atomic E-state index is 13.8. The topological polar surface area (TPSA) is 72.2 Å². The Kier molecular flexibility index (Phi) is 6.59. The molecule has 21 heavy (non-hydrogen) atoms. The summed E-state index contributed by atoms with van der Waals surface area (Å²) in [5.41, 5.74) is 6.37. The van der Waals surface area contributed by atoms with Gasteiger partial charge in [0, 0.05) is 12.6 Å². The molecule has 0 heterocycles. The van der Waals surface area contributed by atoms with Crippen LogP contribution in [0.15, 0.2) is 23.1 Å². The largest absolute Gasteiger partial charge is 0.329 e. The molecule has 3 N–H and O–H groups in total. The van der Waals surface area contributed by atoms with Crippen LogP contribution in [-0.2, 0) is 10.0 Å². The quantitative estimate of drug-likeness (QED) is 0.867. The molecule has 0 aromatic heterocycles. The lowest BCUT2D eigenvalue weighted by Crippen LogP contribution is -2.44. The van der Waals surface area contributed by atoms with E-state index < -0.39 is 15.8 Å². The third-order valence-electron chi connectivity index (χ3n) is 3.91. The van der Waals surface area contributed by atoms with E-state index in [-0.39, 0.29) is 35.8 Å². The third kappa shape index (κ3) is 4.39. The average molecular weight is 337 g/mol. The van der Waals surface area contributed by atoms with E-state index in [4.69, 9.17) is 5.73 Å². The summed E-state index contributed by atoms with van der Waals surface area (Å²) >= 11 is 0. The van der Waals surface area contributed by atoms with Gasteiger partial charge in [-0.2, -0.15) is 0 Å². The van der Waals surface area contributed by atoms with Crippen LogP contribution in [0.1, 0.15) is 31.2 Å². The number of hydrogen-bond donors (Lipinski definition) is 2. The molecule has 1 unspecified atom stereocenters. The fraction of sp³-hybridized carbons (Fsp3) is 0.571. The van der Waals surface area contributed by atoms with Gasteiger partial charge < -0.3 is 5.73 Å². The van der Waals surface area contributed by atoms with Crippen molar-refractivity contribution in [3.63, 3.8) is 0 Å². The molecule has 0 spiro atoms. The van der Waals surface area contributed by atoms with Gasteiger partial charge in [0.05, 0.1) is 0 Å². The summed E-state index contributed by atoms with van der Waals surface area (Å²) in [5.74, 6) is -0.469. The molecule has 1 aromatic carbocycles. The number of aryl methyl sites for hydroxylation is 1. The molecule has 0 amide bonds. The summed E-state index contributed by atoms with van der Waals surface area (Å²) in [7, 11) is -3.86. The van der Waals surface area contributed by atoms with Crippen molar-refractivity contribution in [2.45, 2.75) is 43.5 Å². The minimum Gasteiger partial charge on any atom is -0.329 e. The Bertz CT molecular complexity index is 574. The second kappa shape index (κ2) is 7.54. The maximum absolute atomic E-state index is 13.8. The maximum Gasteiger partial charge on any atom is 0.243 e. The minimum atomic E-state index is -3.86. The number of hydrogen-bond acceptors (Lipinski definition) is 3.